The molecule has 0 saturated carbocycles. The Kier molecular flexibility index (Phi) is 5.50. The number of nitrogens with zero attached hydrogens (tertiary/aromatic N) is 4. The normalized spacial score (nSPS) is 20.8. The number of carbonyl (C=O) groups is 2. The van der Waals surface area contributed by atoms with Gasteiger partial charge in [-0.15, -0.1) is 0 Å². The molecule has 1 aromatic heterocycles. The van der Waals surface area contributed by atoms with Crippen molar-refractivity contribution < 1.29 is 9.59 Å². The molecule has 3 heterocycles. The first-order valence-corrected chi connectivity index (χ1v) is 9.19. The third kappa shape index (κ3) is 4.46. The van der Waals surface area contributed by atoms with Crippen molar-refractivity contribution in [1.82, 2.24) is 14.9 Å². The second-order valence-corrected chi connectivity index (χ2v) is 7.04. The molecule has 1 unspecified atom stereocenters. The van der Waals surface area contributed by atoms with E-state index in [1.807, 2.05) is 11.8 Å². The van der Waals surface area contributed by atoms with Crippen LogP contribution < -0.4 is 10.6 Å². The van der Waals surface area contributed by atoms with E-state index < -0.39 is 5.91 Å². The maximum absolute atomic E-state index is 12.3. The van der Waals surface area contributed by atoms with E-state index in [1.54, 1.807) is 0 Å². The molecular formula is C18H27N5O2. The van der Waals surface area contributed by atoms with Crippen LogP contribution in [0.15, 0.2) is 6.07 Å². The topological polar surface area (TPSA) is 92.4 Å². The van der Waals surface area contributed by atoms with Crippen molar-refractivity contribution in [2.24, 2.45) is 5.73 Å². The van der Waals surface area contributed by atoms with Crippen molar-refractivity contribution in [3.8, 4) is 0 Å². The molecule has 25 heavy (non-hydrogen) atoms. The van der Waals surface area contributed by atoms with Gasteiger partial charge in [-0.05, 0) is 32.6 Å². The number of carbonyl (C=O) groups excluding carboxylic acids is 2. The van der Waals surface area contributed by atoms with Gasteiger partial charge in [0.25, 0.3) is 0 Å². The monoisotopic (exact) mass is 345 g/mol. The molecule has 0 spiro atoms. The predicted molar refractivity (Wildman–Crippen MR) is 95.2 cm³/mol. The van der Waals surface area contributed by atoms with Crippen molar-refractivity contribution >= 4 is 17.6 Å². The molecule has 0 radical (unpaired) electrons. The quantitative estimate of drug-likeness (QED) is 0.870. The SMILES string of the molecule is Cc1nc(C2CCCN(C(=O)CCC(N)=O)C2)cc(N2CCCC2)n1. The van der Waals surface area contributed by atoms with Crippen LogP contribution in [-0.4, -0.2) is 52.9 Å². The molecule has 2 aliphatic heterocycles. The van der Waals surface area contributed by atoms with Crippen LogP contribution in [0.3, 0.4) is 0 Å². The van der Waals surface area contributed by atoms with Gasteiger partial charge in [0.2, 0.25) is 11.8 Å². The van der Waals surface area contributed by atoms with E-state index in [9.17, 15) is 9.59 Å². The minimum atomic E-state index is -0.427. The Hall–Kier alpha value is -2.18. The van der Waals surface area contributed by atoms with Crippen molar-refractivity contribution in [3.63, 3.8) is 0 Å². The number of primary amides is 1. The molecule has 0 bridgehead atoms. The lowest BCUT2D eigenvalue weighted by molar-refractivity contribution is -0.134. The van der Waals surface area contributed by atoms with Gasteiger partial charge in [-0.25, -0.2) is 9.97 Å². The summed E-state index contributed by atoms with van der Waals surface area (Å²) in [6, 6.07) is 2.10. The van der Waals surface area contributed by atoms with E-state index >= 15 is 0 Å². The second kappa shape index (κ2) is 7.80. The summed E-state index contributed by atoms with van der Waals surface area (Å²) in [5, 5.41) is 0. The molecule has 3 rings (SSSR count). The minimum Gasteiger partial charge on any atom is -0.370 e. The lowest BCUT2D eigenvalue weighted by Crippen LogP contribution is -2.39. The zero-order chi connectivity index (χ0) is 17.8. The summed E-state index contributed by atoms with van der Waals surface area (Å²) >= 11 is 0. The van der Waals surface area contributed by atoms with E-state index in [2.05, 4.69) is 20.9 Å². The van der Waals surface area contributed by atoms with E-state index in [0.29, 0.717) is 6.54 Å². The zero-order valence-electron chi connectivity index (χ0n) is 14.9. The highest BCUT2D eigenvalue weighted by molar-refractivity contribution is 5.83. The summed E-state index contributed by atoms with van der Waals surface area (Å²) in [4.78, 5) is 36.6. The average Bonchev–Trinajstić information content (AvgIpc) is 3.14. The molecular weight excluding hydrogens is 318 g/mol. The Labute approximate surface area is 148 Å². The van der Waals surface area contributed by atoms with E-state index in [0.717, 1.165) is 49.8 Å². The highest BCUT2D eigenvalue weighted by Gasteiger charge is 2.27. The number of hydrogen-bond acceptors (Lipinski definition) is 5. The molecule has 0 aliphatic carbocycles. The molecule has 136 valence electrons. The smallest absolute Gasteiger partial charge is 0.223 e. The van der Waals surface area contributed by atoms with Gasteiger partial charge in [0.05, 0.1) is 5.69 Å². The van der Waals surface area contributed by atoms with Gasteiger partial charge in [0.15, 0.2) is 0 Å². The van der Waals surface area contributed by atoms with Crippen molar-refractivity contribution in [3.05, 3.63) is 17.6 Å². The Balaban J connectivity index is 1.70. The number of hydrogen-bond donors (Lipinski definition) is 1. The van der Waals surface area contributed by atoms with Crippen LogP contribution in [0, 0.1) is 6.92 Å². The summed E-state index contributed by atoms with van der Waals surface area (Å²) in [6.45, 7) is 5.45. The molecule has 1 aromatic rings. The first-order valence-electron chi connectivity index (χ1n) is 9.19. The standard InChI is InChI=1S/C18H27N5O2/c1-13-20-15(11-17(21-13)22-8-2-3-9-22)14-5-4-10-23(12-14)18(25)7-6-16(19)24/h11,14H,2-10,12H2,1H3,(H2,19,24). The Morgan fingerprint density at radius 2 is 1.92 bits per heavy atom. The first-order chi connectivity index (χ1) is 12.0. The van der Waals surface area contributed by atoms with Crippen LogP contribution in [-0.2, 0) is 9.59 Å². The van der Waals surface area contributed by atoms with Crippen LogP contribution in [0.25, 0.3) is 0 Å². The molecule has 2 aliphatic rings. The van der Waals surface area contributed by atoms with Crippen LogP contribution in [0.5, 0.6) is 0 Å². The van der Waals surface area contributed by atoms with Gasteiger partial charge in [-0.2, -0.15) is 0 Å². The lowest BCUT2D eigenvalue weighted by atomic mass is 9.94. The lowest BCUT2D eigenvalue weighted by Gasteiger charge is -2.33. The molecule has 0 aromatic carbocycles. The van der Waals surface area contributed by atoms with Crippen LogP contribution >= 0.6 is 0 Å². The molecule has 2 saturated heterocycles. The molecule has 1 atom stereocenters. The van der Waals surface area contributed by atoms with Crippen molar-refractivity contribution in [2.75, 3.05) is 31.1 Å². The third-order valence-electron chi connectivity index (χ3n) is 5.05. The Morgan fingerprint density at radius 1 is 1.16 bits per heavy atom. The Morgan fingerprint density at radius 3 is 2.64 bits per heavy atom. The minimum absolute atomic E-state index is 0.00837. The van der Waals surface area contributed by atoms with Crippen molar-refractivity contribution in [2.45, 2.75) is 51.4 Å². The van der Waals surface area contributed by atoms with E-state index in [1.165, 1.54) is 12.8 Å². The maximum atomic E-state index is 12.3. The number of aryl methyl sites for hydroxylation is 1. The first kappa shape index (κ1) is 17.6. The molecule has 7 heteroatoms. The largest absolute Gasteiger partial charge is 0.370 e. The molecule has 2 N–H and O–H groups in total. The summed E-state index contributed by atoms with van der Waals surface area (Å²) < 4.78 is 0. The van der Waals surface area contributed by atoms with Gasteiger partial charge in [0, 0.05) is 51.0 Å². The van der Waals surface area contributed by atoms with Crippen molar-refractivity contribution in [1.29, 1.82) is 0 Å². The Bertz CT molecular complexity index is 642. The number of aromatic nitrogens is 2. The summed E-state index contributed by atoms with van der Waals surface area (Å²) in [5.74, 6) is 1.61. The van der Waals surface area contributed by atoms with E-state index in [4.69, 9.17) is 5.73 Å². The van der Waals surface area contributed by atoms with Crippen LogP contribution in [0.2, 0.25) is 0 Å². The predicted octanol–water partition coefficient (Wildman–Crippen LogP) is 1.36. The summed E-state index contributed by atoms with van der Waals surface area (Å²) in [7, 11) is 0. The second-order valence-electron chi connectivity index (χ2n) is 7.04. The highest BCUT2D eigenvalue weighted by Crippen LogP contribution is 2.29. The third-order valence-corrected chi connectivity index (χ3v) is 5.05. The van der Waals surface area contributed by atoms with E-state index in [-0.39, 0.29) is 24.7 Å². The molecule has 2 fully saturated rings. The number of likely N-dealkylation sites (tertiary alicyclic amines) is 1. The van der Waals surface area contributed by atoms with Gasteiger partial charge >= 0.3 is 0 Å². The number of piperidine rings is 1. The summed E-state index contributed by atoms with van der Waals surface area (Å²) in [6.07, 6.45) is 4.72. The maximum Gasteiger partial charge on any atom is 0.223 e. The zero-order valence-corrected chi connectivity index (χ0v) is 14.9. The molecule has 7 nitrogen and oxygen atoms in total. The fourth-order valence-corrected chi connectivity index (χ4v) is 3.73. The fourth-order valence-electron chi connectivity index (χ4n) is 3.73. The number of nitrogens with two attached hydrogens (primary N) is 1. The number of anilines is 1. The van der Waals surface area contributed by atoms with Crippen LogP contribution in [0.1, 0.15) is 56.0 Å². The van der Waals surface area contributed by atoms with Gasteiger partial charge in [-0.3, -0.25) is 9.59 Å². The van der Waals surface area contributed by atoms with Gasteiger partial charge in [-0.1, -0.05) is 0 Å². The van der Waals surface area contributed by atoms with Gasteiger partial charge < -0.3 is 15.5 Å². The number of rotatable bonds is 5. The number of amides is 2. The summed E-state index contributed by atoms with van der Waals surface area (Å²) in [5.41, 5.74) is 6.18. The fraction of sp³-hybridized carbons (Fsp3) is 0.667. The van der Waals surface area contributed by atoms with Gasteiger partial charge in [0.1, 0.15) is 11.6 Å². The van der Waals surface area contributed by atoms with Crippen LogP contribution in [0.4, 0.5) is 5.82 Å². The average molecular weight is 345 g/mol. The molecule has 2 amide bonds. The highest BCUT2D eigenvalue weighted by atomic mass is 16.2.